The Hall–Kier alpha value is -1.26. The van der Waals surface area contributed by atoms with Gasteiger partial charge >= 0.3 is 0 Å². The fourth-order valence-electron chi connectivity index (χ4n) is 3.30. The molecule has 4 nitrogen and oxygen atoms in total. The molecule has 1 aromatic carbocycles. The summed E-state index contributed by atoms with van der Waals surface area (Å²) >= 11 is 6.05. The Kier molecular flexibility index (Phi) is 5.21. The van der Waals surface area contributed by atoms with Gasteiger partial charge in [0.2, 0.25) is 5.91 Å². The van der Waals surface area contributed by atoms with Crippen molar-refractivity contribution in [2.45, 2.75) is 19.3 Å². The first-order valence-electron chi connectivity index (χ1n) is 8.23. The van der Waals surface area contributed by atoms with Crippen molar-refractivity contribution in [1.82, 2.24) is 9.80 Å². The summed E-state index contributed by atoms with van der Waals surface area (Å²) in [4.78, 5) is 19.0. The predicted octanol–water partition coefficient (Wildman–Crippen LogP) is 2.47. The first-order chi connectivity index (χ1) is 10.7. The summed E-state index contributed by atoms with van der Waals surface area (Å²) in [5, 5.41) is 0.765. The highest BCUT2D eigenvalue weighted by atomic mass is 35.5. The van der Waals surface area contributed by atoms with Gasteiger partial charge in [-0.3, -0.25) is 9.69 Å². The van der Waals surface area contributed by atoms with Crippen molar-refractivity contribution in [3.05, 3.63) is 29.3 Å². The molecule has 1 aromatic rings. The maximum atomic E-state index is 12.4. The van der Waals surface area contributed by atoms with E-state index in [4.69, 9.17) is 11.6 Å². The van der Waals surface area contributed by atoms with Gasteiger partial charge in [0.05, 0.1) is 6.54 Å². The number of hydrogen-bond donors (Lipinski definition) is 0. The van der Waals surface area contributed by atoms with Crippen molar-refractivity contribution in [2.75, 3.05) is 50.7 Å². The van der Waals surface area contributed by atoms with Gasteiger partial charge in [-0.2, -0.15) is 0 Å². The fourth-order valence-corrected chi connectivity index (χ4v) is 3.48. The van der Waals surface area contributed by atoms with Crippen LogP contribution < -0.4 is 4.90 Å². The molecular weight excluding hydrogens is 298 g/mol. The highest BCUT2D eigenvalue weighted by Gasteiger charge is 2.23. The third-order valence-electron chi connectivity index (χ3n) is 4.61. The van der Waals surface area contributed by atoms with Crippen LogP contribution in [0, 0.1) is 0 Å². The normalized spacial score (nSPS) is 20.2. The van der Waals surface area contributed by atoms with Crippen molar-refractivity contribution in [1.29, 1.82) is 0 Å². The molecule has 2 fully saturated rings. The molecule has 1 amide bonds. The Morgan fingerprint density at radius 3 is 2.41 bits per heavy atom. The molecule has 0 atom stereocenters. The largest absolute Gasteiger partial charge is 0.368 e. The number of piperazine rings is 1. The zero-order valence-electron chi connectivity index (χ0n) is 13.0. The second kappa shape index (κ2) is 7.34. The molecule has 3 rings (SSSR count). The van der Waals surface area contributed by atoms with Crippen LogP contribution in [0.4, 0.5) is 5.69 Å². The van der Waals surface area contributed by atoms with Gasteiger partial charge in [0, 0.05) is 36.9 Å². The molecule has 2 aliphatic heterocycles. The molecule has 0 aromatic heterocycles. The van der Waals surface area contributed by atoms with Gasteiger partial charge in [0.1, 0.15) is 0 Å². The molecule has 120 valence electrons. The van der Waals surface area contributed by atoms with E-state index >= 15 is 0 Å². The Balaban J connectivity index is 1.49. The highest BCUT2D eigenvalue weighted by molar-refractivity contribution is 6.30. The third-order valence-corrected chi connectivity index (χ3v) is 4.85. The molecule has 0 spiro atoms. The number of likely N-dealkylation sites (tertiary alicyclic amines) is 1. The smallest absolute Gasteiger partial charge is 0.236 e. The topological polar surface area (TPSA) is 26.8 Å². The molecule has 22 heavy (non-hydrogen) atoms. The summed E-state index contributed by atoms with van der Waals surface area (Å²) in [6, 6.07) is 7.94. The summed E-state index contributed by atoms with van der Waals surface area (Å²) in [6.07, 6.45) is 3.77. The average Bonchev–Trinajstić information content (AvgIpc) is 2.56. The molecule has 0 unspecified atom stereocenters. The van der Waals surface area contributed by atoms with E-state index in [1.165, 1.54) is 19.3 Å². The number of halogens is 1. The third kappa shape index (κ3) is 3.93. The standard InChI is InChI=1S/C17H24ClN3O/c18-15-5-4-6-16(13-15)20-9-11-21(12-10-20)17(22)14-19-7-2-1-3-8-19/h4-6,13H,1-3,7-12,14H2. The van der Waals surface area contributed by atoms with Crippen LogP contribution >= 0.6 is 11.6 Å². The van der Waals surface area contributed by atoms with Crippen LogP contribution in [0.2, 0.25) is 5.02 Å². The first-order valence-corrected chi connectivity index (χ1v) is 8.61. The number of benzene rings is 1. The van der Waals surface area contributed by atoms with Gasteiger partial charge in [0.15, 0.2) is 0 Å². The lowest BCUT2D eigenvalue weighted by Crippen LogP contribution is -2.51. The number of hydrogen-bond acceptors (Lipinski definition) is 3. The highest BCUT2D eigenvalue weighted by Crippen LogP contribution is 2.21. The van der Waals surface area contributed by atoms with Crippen LogP contribution in [-0.4, -0.2) is 61.5 Å². The molecule has 0 saturated carbocycles. The zero-order valence-corrected chi connectivity index (χ0v) is 13.8. The maximum Gasteiger partial charge on any atom is 0.236 e. The van der Waals surface area contributed by atoms with E-state index in [-0.39, 0.29) is 5.91 Å². The Bertz CT molecular complexity index is 508. The lowest BCUT2D eigenvalue weighted by atomic mass is 10.1. The van der Waals surface area contributed by atoms with Crippen LogP contribution in [0.3, 0.4) is 0 Å². The van der Waals surface area contributed by atoms with E-state index < -0.39 is 0 Å². The summed E-state index contributed by atoms with van der Waals surface area (Å²) in [6.45, 7) is 6.12. The summed E-state index contributed by atoms with van der Waals surface area (Å²) in [5.74, 6) is 0.285. The van der Waals surface area contributed by atoms with Crippen LogP contribution in [0.15, 0.2) is 24.3 Å². The number of rotatable bonds is 3. The number of carbonyl (C=O) groups excluding carboxylic acids is 1. The molecule has 0 bridgehead atoms. The Labute approximate surface area is 137 Å². The number of piperidine rings is 1. The van der Waals surface area contributed by atoms with Crippen molar-refractivity contribution in [2.24, 2.45) is 0 Å². The van der Waals surface area contributed by atoms with Crippen LogP contribution in [0.5, 0.6) is 0 Å². The van der Waals surface area contributed by atoms with Crippen LogP contribution in [-0.2, 0) is 4.79 Å². The van der Waals surface area contributed by atoms with Gasteiger partial charge in [-0.15, -0.1) is 0 Å². The summed E-state index contributed by atoms with van der Waals surface area (Å²) in [5.41, 5.74) is 1.15. The van der Waals surface area contributed by atoms with Crippen molar-refractivity contribution in [3.63, 3.8) is 0 Å². The summed E-state index contributed by atoms with van der Waals surface area (Å²) in [7, 11) is 0. The second-order valence-corrected chi connectivity index (χ2v) is 6.62. The second-order valence-electron chi connectivity index (χ2n) is 6.18. The van der Waals surface area contributed by atoms with Crippen LogP contribution in [0.1, 0.15) is 19.3 Å². The molecule has 0 aliphatic carbocycles. The van der Waals surface area contributed by atoms with Gasteiger partial charge in [-0.05, 0) is 44.1 Å². The Morgan fingerprint density at radius 1 is 1.00 bits per heavy atom. The SMILES string of the molecule is O=C(CN1CCCCC1)N1CCN(c2cccc(Cl)c2)CC1. The van der Waals surface area contributed by atoms with Gasteiger partial charge in [0.25, 0.3) is 0 Å². The van der Waals surface area contributed by atoms with Gasteiger partial charge in [-0.1, -0.05) is 24.1 Å². The minimum absolute atomic E-state index is 0.285. The van der Waals surface area contributed by atoms with E-state index in [0.717, 1.165) is 50.0 Å². The van der Waals surface area contributed by atoms with E-state index in [9.17, 15) is 4.79 Å². The minimum Gasteiger partial charge on any atom is -0.368 e. The lowest BCUT2D eigenvalue weighted by Gasteiger charge is -2.37. The van der Waals surface area contributed by atoms with E-state index in [1.54, 1.807) is 0 Å². The van der Waals surface area contributed by atoms with E-state index in [0.29, 0.717) is 6.54 Å². The lowest BCUT2D eigenvalue weighted by molar-refractivity contribution is -0.132. The van der Waals surface area contributed by atoms with Crippen LogP contribution in [0.25, 0.3) is 0 Å². The number of amides is 1. The quantitative estimate of drug-likeness (QED) is 0.855. The average molecular weight is 322 g/mol. The van der Waals surface area contributed by atoms with E-state index in [2.05, 4.69) is 15.9 Å². The number of nitrogens with zero attached hydrogens (tertiary/aromatic N) is 3. The Morgan fingerprint density at radius 2 is 1.73 bits per heavy atom. The number of carbonyl (C=O) groups is 1. The minimum atomic E-state index is 0.285. The van der Waals surface area contributed by atoms with E-state index in [1.807, 2.05) is 23.1 Å². The molecule has 0 radical (unpaired) electrons. The predicted molar refractivity (Wildman–Crippen MR) is 90.5 cm³/mol. The first kappa shape index (κ1) is 15.6. The van der Waals surface area contributed by atoms with Crippen molar-refractivity contribution in [3.8, 4) is 0 Å². The molecule has 0 N–H and O–H groups in total. The van der Waals surface area contributed by atoms with Gasteiger partial charge in [-0.25, -0.2) is 0 Å². The molecule has 2 saturated heterocycles. The van der Waals surface area contributed by atoms with Crippen molar-refractivity contribution >= 4 is 23.2 Å². The monoisotopic (exact) mass is 321 g/mol. The molecule has 5 heteroatoms. The zero-order chi connectivity index (χ0) is 15.4. The summed E-state index contributed by atoms with van der Waals surface area (Å²) < 4.78 is 0. The van der Waals surface area contributed by atoms with Gasteiger partial charge < -0.3 is 9.80 Å². The fraction of sp³-hybridized carbons (Fsp3) is 0.588. The number of anilines is 1. The molecule has 2 heterocycles. The molecule has 2 aliphatic rings. The molecular formula is C17H24ClN3O. The maximum absolute atomic E-state index is 12.4. The van der Waals surface area contributed by atoms with Crippen molar-refractivity contribution < 1.29 is 4.79 Å².